The van der Waals surface area contributed by atoms with Crippen molar-refractivity contribution in [3.63, 3.8) is 0 Å². The zero-order chi connectivity index (χ0) is 13.8. The molecule has 0 saturated carbocycles. The predicted molar refractivity (Wildman–Crippen MR) is 79.6 cm³/mol. The third kappa shape index (κ3) is 6.43. The van der Waals surface area contributed by atoms with Crippen molar-refractivity contribution in [1.29, 1.82) is 0 Å². The standard InChI is InChI=1S/C14H18O2Si2/c1-17(2,15)11-9-13-5-7-14(8-6-13)10-12-18(3,4)16/h5-8,15-16H,1-4H3. The van der Waals surface area contributed by atoms with Gasteiger partial charge in [0.25, 0.3) is 16.6 Å². The molecule has 1 aromatic carbocycles. The van der Waals surface area contributed by atoms with E-state index in [1.165, 1.54) is 0 Å². The molecule has 0 unspecified atom stereocenters. The second-order valence-corrected chi connectivity index (χ2v) is 11.9. The Labute approximate surface area is 111 Å². The van der Waals surface area contributed by atoms with Crippen molar-refractivity contribution >= 4 is 16.6 Å². The first-order valence-corrected chi connectivity index (χ1v) is 11.7. The summed E-state index contributed by atoms with van der Waals surface area (Å²) in [5, 5.41) is 0. The monoisotopic (exact) mass is 274 g/mol. The lowest BCUT2D eigenvalue weighted by Crippen LogP contribution is -2.22. The van der Waals surface area contributed by atoms with Crippen LogP contribution in [0, 0.1) is 22.9 Å². The van der Waals surface area contributed by atoms with Crippen LogP contribution in [0.5, 0.6) is 0 Å². The molecule has 0 fully saturated rings. The zero-order valence-corrected chi connectivity index (χ0v) is 13.2. The highest BCUT2D eigenvalue weighted by Gasteiger charge is 2.12. The van der Waals surface area contributed by atoms with Gasteiger partial charge >= 0.3 is 0 Å². The van der Waals surface area contributed by atoms with Crippen molar-refractivity contribution in [2.45, 2.75) is 26.2 Å². The molecular weight excluding hydrogens is 256 g/mol. The molecule has 0 atom stereocenters. The van der Waals surface area contributed by atoms with E-state index >= 15 is 0 Å². The van der Waals surface area contributed by atoms with E-state index < -0.39 is 16.6 Å². The van der Waals surface area contributed by atoms with Gasteiger partial charge in [-0.15, -0.1) is 0 Å². The molecule has 18 heavy (non-hydrogen) atoms. The SMILES string of the molecule is C[Si](C)(O)C#Cc1ccc(C#C[Si](C)(C)O)cc1. The quantitative estimate of drug-likeness (QED) is 0.560. The van der Waals surface area contributed by atoms with E-state index in [1.54, 1.807) is 26.2 Å². The summed E-state index contributed by atoms with van der Waals surface area (Å²) >= 11 is 0. The maximum atomic E-state index is 9.63. The molecule has 0 aliphatic carbocycles. The summed E-state index contributed by atoms with van der Waals surface area (Å²) in [6.07, 6.45) is 0. The Morgan fingerprint density at radius 3 is 1.22 bits per heavy atom. The molecule has 4 heteroatoms. The fourth-order valence-electron chi connectivity index (χ4n) is 1.09. The molecule has 0 saturated heterocycles. The average Bonchev–Trinajstić information content (AvgIpc) is 2.23. The van der Waals surface area contributed by atoms with Gasteiger partial charge < -0.3 is 9.59 Å². The van der Waals surface area contributed by atoms with E-state index in [0.29, 0.717) is 0 Å². The Morgan fingerprint density at radius 2 is 1.00 bits per heavy atom. The third-order valence-corrected chi connectivity index (χ3v) is 3.38. The number of rotatable bonds is 0. The van der Waals surface area contributed by atoms with Gasteiger partial charge in [0.15, 0.2) is 0 Å². The lowest BCUT2D eigenvalue weighted by Gasteiger charge is -2.02. The number of hydrogen-bond donors (Lipinski definition) is 2. The lowest BCUT2D eigenvalue weighted by atomic mass is 10.1. The van der Waals surface area contributed by atoms with Crippen LogP contribution in [-0.2, 0) is 0 Å². The minimum absolute atomic E-state index is 0.871. The van der Waals surface area contributed by atoms with E-state index in [2.05, 4.69) is 22.9 Å². The van der Waals surface area contributed by atoms with Crippen molar-refractivity contribution in [3.8, 4) is 22.9 Å². The minimum Gasteiger partial charge on any atom is -0.422 e. The summed E-state index contributed by atoms with van der Waals surface area (Å²) in [5.41, 5.74) is 7.52. The van der Waals surface area contributed by atoms with Crippen LogP contribution in [-0.4, -0.2) is 26.2 Å². The van der Waals surface area contributed by atoms with E-state index in [-0.39, 0.29) is 0 Å². The molecule has 0 spiro atoms. The van der Waals surface area contributed by atoms with Gasteiger partial charge in [-0.1, -0.05) is 22.9 Å². The highest BCUT2D eigenvalue weighted by Crippen LogP contribution is 2.03. The van der Waals surface area contributed by atoms with Crippen LogP contribution >= 0.6 is 0 Å². The van der Waals surface area contributed by atoms with Gasteiger partial charge in [-0.05, 0) is 50.5 Å². The first-order valence-electron chi connectivity index (χ1n) is 5.77. The fraction of sp³-hybridized carbons (Fsp3) is 0.286. The van der Waals surface area contributed by atoms with Crippen LogP contribution in [0.25, 0.3) is 0 Å². The average molecular weight is 274 g/mol. The highest BCUT2D eigenvalue weighted by atomic mass is 28.4. The van der Waals surface area contributed by atoms with Crippen LogP contribution < -0.4 is 0 Å². The molecule has 0 amide bonds. The zero-order valence-electron chi connectivity index (χ0n) is 11.2. The van der Waals surface area contributed by atoms with Gasteiger partial charge in [0, 0.05) is 11.1 Å². The Bertz CT molecular complexity index is 475. The smallest absolute Gasteiger partial charge is 0.263 e. The topological polar surface area (TPSA) is 40.5 Å². The highest BCUT2D eigenvalue weighted by molar-refractivity contribution is 6.78. The molecule has 0 aliphatic heterocycles. The summed E-state index contributed by atoms with van der Waals surface area (Å²) in [6.45, 7) is 7.14. The van der Waals surface area contributed by atoms with Crippen molar-refractivity contribution in [3.05, 3.63) is 35.4 Å². The van der Waals surface area contributed by atoms with Crippen molar-refractivity contribution in [1.82, 2.24) is 0 Å². The van der Waals surface area contributed by atoms with Gasteiger partial charge in [0.05, 0.1) is 0 Å². The summed E-state index contributed by atoms with van der Waals surface area (Å²) in [4.78, 5) is 19.3. The maximum absolute atomic E-state index is 9.63. The second kappa shape index (κ2) is 5.56. The van der Waals surface area contributed by atoms with E-state index in [4.69, 9.17) is 0 Å². The summed E-state index contributed by atoms with van der Waals surface area (Å²) in [6, 6.07) is 7.51. The molecule has 94 valence electrons. The Balaban J connectivity index is 2.86. The lowest BCUT2D eigenvalue weighted by molar-refractivity contribution is 0.569. The first-order chi connectivity index (χ1) is 8.16. The first kappa shape index (κ1) is 14.8. The Morgan fingerprint density at radius 1 is 0.722 bits per heavy atom. The minimum atomic E-state index is -2.31. The van der Waals surface area contributed by atoms with Crippen LogP contribution in [0.1, 0.15) is 11.1 Å². The van der Waals surface area contributed by atoms with Crippen molar-refractivity contribution in [2.75, 3.05) is 0 Å². The van der Waals surface area contributed by atoms with Gasteiger partial charge in [-0.2, -0.15) is 0 Å². The van der Waals surface area contributed by atoms with Gasteiger partial charge in [-0.3, -0.25) is 0 Å². The molecule has 1 rings (SSSR count). The van der Waals surface area contributed by atoms with Crippen molar-refractivity contribution in [2.24, 2.45) is 0 Å². The molecule has 1 aromatic rings. The largest absolute Gasteiger partial charge is 0.422 e. The Hall–Kier alpha value is -1.31. The van der Waals surface area contributed by atoms with E-state index in [9.17, 15) is 9.59 Å². The molecule has 0 aliphatic rings. The Kier molecular flexibility index (Phi) is 4.55. The molecule has 0 bridgehead atoms. The van der Waals surface area contributed by atoms with Gasteiger partial charge in [-0.25, -0.2) is 0 Å². The summed E-state index contributed by atoms with van der Waals surface area (Å²) in [7, 11) is -4.62. The van der Waals surface area contributed by atoms with Gasteiger partial charge in [0.2, 0.25) is 0 Å². The maximum Gasteiger partial charge on any atom is 0.263 e. The second-order valence-electron chi connectivity index (χ2n) is 5.20. The molecule has 2 N–H and O–H groups in total. The third-order valence-electron chi connectivity index (χ3n) is 1.91. The summed E-state index contributed by atoms with van der Waals surface area (Å²) < 4.78 is 0. The van der Waals surface area contributed by atoms with Crippen LogP contribution in [0.2, 0.25) is 26.2 Å². The number of benzene rings is 1. The molecule has 0 aromatic heterocycles. The summed E-state index contributed by atoms with van der Waals surface area (Å²) in [5.74, 6) is 5.91. The van der Waals surface area contributed by atoms with Gasteiger partial charge in [0.1, 0.15) is 0 Å². The van der Waals surface area contributed by atoms with Crippen LogP contribution in [0.3, 0.4) is 0 Å². The normalized spacial score (nSPS) is 11.0. The van der Waals surface area contributed by atoms with E-state index in [0.717, 1.165) is 11.1 Å². The predicted octanol–water partition coefficient (Wildman–Crippen LogP) is 1.86. The molecule has 0 radical (unpaired) electrons. The fourth-order valence-corrected chi connectivity index (χ4v) is 1.99. The molecule has 2 nitrogen and oxygen atoms in total. The number of hydrogen-bond acceptors (Lipinski definition) is 2. The van der Waals surface area contributed by atoms with Crippen LogP contribution in [0.15, 0.2) is 24.3 Å². The van der Waals surface area contributed by atoms with E-state index in [1.807, 2.05) is 24.3 Å². The van der Waals surface area contributed by atoms with Crippen LogP contribution in [0.4, 0.5) is 0 Å². The molecular formula is C14H18O2Si2. The van der Waals surface area contributed by atoms with Crippen molar-refractivity contribution < 1.29 is 9.59 Å². The molecule has 0 heterocycles.